The average molecular weight is 308 g/mol. The van der Waals surface area contributed by atoms with Crippen LogP contribution in [0.3, 0.4) is 0 Å². The van der Waals surface area contributed by atoms with Crippen molar-refractivity contribution in [1.29, 1.82) is 0 Å². The quantitative estimate of drug-likeness (QED) is 0.797. The largest absolute Gasteiger partial charge is 0.468 e. The van der Waals surface area contributed by atoms with E-state index in [1.54, 1.807) is 11.1 Å². The number of fused-ring (bicyclic) bond motifs is 3. The number of ether oxygens (including phenoxy) is 1. The molecule has 23 heavy (non-hydrogen) atoms. The molecule has 1 aliphatic heterocycles. The molecule has 2 heterocycles. The van der Waals surface area contributed by atoms with Crippen LogP contribution in [0.1, 0.15) is 24.0 Å². The molecule has 1 aromatic heterocycles. The smallest absolute Gasteiger partial charge is 0.319 e. The van der Waals surface area contributed by atoms with Crippen molar-refractivity contribution in [1.82, 2.24) is 4.98 Å². The van der Waals surface area contributed by atoms with Crippen LogP contribution in [-0.4, -0.2) is 30.0 Å². The molecule has 0 saturated heterocycles. The van der Waals surface area contributed by atoms with Crippen LogP contribution in [0.4, 0.5) is 5.82 Å². The van der Waals surface area contributed by atoms with E-state index in [0.717, 1.165) is 11.1 Å². The first kappa shape index (κ1) is 13.9. The Morgan fingerprint density at radius 2 is 1.91 bits per heavy atom. The van der Waals surface area contributed by atoms with Crippen molar-refractivity contribution in [2.45, 2.75) is 24.3 Å². The number of hydrogen-bond donors (Lipinski definition) is 0. The molecule has 5 heteroatoms. The van der Waals surface area contributed by atoms with Crippen LogP contribution < -0.4 is 4.90 Å². The average Bonchev–Trinajstić information content (AvgIpc) is 3.13. The molecule has 0 bridgehead atoms. The fraction of sp³-hybridized carbons (Fsp3) is 0.278. The van der Waals surface area contributed by atoms with Gasteiger partial charge in [-0.3, -0.25) is 14.5 Å². The van der Waals surface area contributed by atoms with E-state index in [0.29, 0.717) is 5.82 Å². The highest BCUT2D eigenvalue weighted by Gasteiger charge is 2.78. The summed E-state index contributed by atoms with van der Waals surface area (Å²) < 4.78 is 5.11. The monoisotopic (exact) mass is 308 g/mol. The highest BCUT2D eigenvalue weighted by molar-refractivity contribution is 6.03. The first-order valence-electron chi connectivity index (χ1n) is 7.52. The van der Waals surface area contributed by atoms with Gasteiger partial charge in [0, 0.05) is 24.6 Å². The van der Waals surface area contributed by atoms with E-state index in [-0.39, 0.29) is 23.8 Å². The summed E-state index contributed by atoms with van der Waals surface area (Å²) in [6, 6.07) is 13.1. The third-order valence-corrected chi connectivity index (χ3v) is 4.94. The van der Waals surface area contributed by atoms with Gasteiger partial charge in [-0.05, 0) is 11.6 Å². The van der Waals surface area contributed by atoms with E-state index in [2.05, 4.69) is 4.98 Å². The molecule has 2 aliphatic rings. The van der Waals surface area contributed by atoms with Gasteiger partial charge in [0.05, 0.1) is 13.2 Å². The number of carbonyl (C=O) groups excluding carboxylic acids is 2. The SMILES string of the molecule is COC(=O)C1(c2ccccc2)C2c3cccnc3N(C(C)=O)C21. The lowest BCUT2D eigenvalue weighted by Crippen LogP contribution is -2.40. The second-order valence-corrected chi connectivity index (χ2v) is 5.95. The molecule has 116 valence electrons. The van der Waals surface area contributed by atoms with Crippen LogP contribution in [0.25, 0.3) is 0 Å². The number of carbonyl (C=O) groups is 2. The Morgan fingerprint density at radius 3 is 2.57 bits per heavy atom. The summed E-state index contributed by atoms with van der Waals surface area (Å²) in [5.74, 6) is 0.133. The molecule has 1 aromatic carbocycles. The maximum absolute atomic E-state index is 12.7. The molecule has 3 atom stereocenters. The lowest BCUT2D eigenvalue weighted by atomic mass is 9.89. The summed E-state index contributed by atoms with van der Waals surface area (Å²) >= 11 is 0. The minimum absolute atomic E-state index is 0.107. The molecule has 4 rings (SSSR count). The van der Waals surface area contributed by atoms with Crippen molar-refractivity contribution in [3.8, 4) is 0 Å². The maximum Gasteiger partial charge on any atom is 0.319 e. The molecule has 5 nitrogen and oxygen atoms in total. The Bertz CT molecular complexity index is 805. The van der Waals surface area contributed by atoms with Crippen molar-refractivity contribution in [2.24, 2.45) is 0 Å². The Hall–Kier alpha value is -2.69. The predicted molar refractivity (Wildman–Crippen MR) is 84.1 cm³/mol. The minimum Gasteiger partial charge on any atom is -0.468 e. The zero-order valence-corrected chi connectivity index (χ0v) is 12.9. The molecule has 1 aliphatic carbocycles. The highest BCUT2D eigenvalue weighted by Crippen LogP contribution is 2.69. The van der Waals surface area contributed by atoms with E-state index >= 15 is 0 Å². The topological polar surface area (TPSA) is 59.5 Å². The van der Waals surface area contributed by atoms with Crippen LogP contribution >= 0.6 is 0 Å². The number of rotatable bonds is 2. The highest BCUT2D eigenvalue weighted by atomic mass is 16.5. The molecule has 0 radical (unpaired) electrons. The second-order valence-electron chi connectivity index (χ2n) is 5.95. The summed E-state index contributed by atoms with van der Waals surface area (Å²) in [6.07, 6.45) is 1.67. The number of aromatic nitrogens is 1. The van der Waals surface area contributed by atoms with Crippen LogP contribution in [0, 0.1) is 0 Å². The van der Waals surface area contributed by atoms with Crippen molar-refractivity contribution in [3.05, 3.63) is 59.8 Å². The van der Waals surface area contributed by atoms with Crippen molar-refractivity contribution >= 4 is 17.7 Å². The summed E-state index contributed by atoms with van der Waals surface area (Å²) in [6.45, 7) is 1.51. The number of anilines is 1. The van der Waals surface area contributed by atoms with Gasteiger partial charge in [-0.1, -0.05) is 36.4 Å². The Balaban J connectivity index is 1.93. The van der Waals surface area contributed by atoms with E-state index in [4.69, 9.17) is 4.74 Å². The fourth-order valence-corrected chi connectivity index (χ4v) is 4.07. The van der Waals surface area contributed by atoms with E-state index < -0.39 is 5.41 Å². The van der Waals surface area contributed by atoms with Crippen molar-refractivity contribution in [2.75, 3.05) is 12.0 Å². The van der Waals surface area contributed by atoms with Crippen LogP contribution in [0.15, 0.2) is 48.7 Å². The third-order valence-electron chi connectivity index (χ3n) is 4.94. The van der Waals surface area contributed by atoms with Crippen molar-refractivity contribution in [3.63, 3.8) is 0 Å². The Kier molecular flexibility index (Phi) is 2.82. The van der Waals surface area contributed by atoms with E-state index in [1.807, 2.05) is 42.5 Å². The van der Waals surface area contributed by atoms with Gasteiger partial charge in [-0.25, -0.2) is 4.98 Å². The molecule has 2 aromatic rings. The van der Waals surface area contributed by atoms with Crippen molar-refractivity contribution < 1.29 is 14.3 Å². The Morgan fingerprint density at radius 1 is 1.17 bits per heavy atom. The first-order valence-corrected chi connectivity index (χ1v) is 7.52. The summed E-state index contributed by atoms with van der Waals surface area (Å²) in [4.78, 5) is 30.9. The maximum atomic E-state index is 12.7. The molecule has 1 saturated carbocycles. The molecule has 1 fully saturated rings. The van der Waals surface area contributed by atoms with Crippen LogP contribution in [-0.2, 0) is 19.7 Å². The van der Waals surface area contributed by atoms with E-state index in [1.165, 1.54) is 14.0 Å². The second kappa shape index (κ2) is 4.65. The number of hydrogen-bond acceptors (Lipinski definition) is 4. The molecule has 0 N–H and O–H groups in total. The summed E-state index contributed by atoms with van der Waals surface area (Å²) in [7, 11) is 1.39. The lowest BCUT2D eigenvalue weighted by molar-refractivity contribution is -0.144. The van der Waals surface area contributed by atoms with Gasteiger partial charge in [0.15, 0.2) is 0 Å². The van der Waals surface area contributed by atoms with Gasteiger partial charge in [-0.15, -0.1) is 0 Å². The Labute approximate surface area is 133 Å². The number of pyridine rings is 1. The van der Waals surface area contributed by atoms with Gasteiger partial charge in [0.1, 0.15) is 11.2 Å². The number of benzene rings is 1. The lowest BCUT2D eigenvalue weighted by Gasteiger charge is -2.25. The first-order chi connectivity index (χ1) is 11.1. The summed E-state index contributed by atoms with van der Waals surface area (Å²) in [5, 5.41) is 0. The van der Waals surface area contributed by atoms with E-state index in [9.17, 15) is 9.59 Å². The number of methoxy groups -OCH3 is 1. The standard InChI is InChI=1S/C18H16N2O3/c1-11(21)20-15-14(13-9-6-10-19-16(13)20)18(15,17(22)23-2)12-7-4-3-5-8-12/h3-10,14-15H,1-2H3. The van der Waals surface area contributed by atoms with Gasteiger partial charge >= 0.3 is 5.97 Å². The molecule has 3 unspecified atom stereocenters. The van der Waals surface area contributed by atoms with Gasteiger partial charge < -0.3 is 4.74 Å². The molecular weight excluding hydrogens is 292 g/mol. The predicted octanol–water partition coefficient (Wildman–Crippen LogP) is 2.02. The van der Waals surface area contributed by atoms with Crippen LogP contribution in [0.5, 0.6) is 0 Å². The minimum atomic E-state index is -0.836. The zero-order chi connectivity index (χ0) is 16.2. The van der Waals surface area contributed by atoms with Gasteiger partial charge in [0.2, 0.25) is 5.91 Å². The van der Waals surface area contributed by atoms with Crippen LogP contribution in [0.2, 0.25) is 0 Å². The number of esters is 1. The summed E-state index contributed by atoms with van der Waals surface area (Å²) in [5.41, 5.74) is 0.974. The normalized spacial score (nSPS) is 27.1. The molecule has 1 amide bonds. The third kappa shape index (κ3) is 1.59. The fourth-order valence-electron chi connectivity index (χ4n) is 4.07. The number of amides is 1. The van der Waals surface area contributed by atoms with Gasteiger partial charge in [0.25, 0.3) is 0 Å². The number of nitrogens with zero attached hydrogens (tertiary/aromatic N) is 2. The zero-order valence-electron chi connectivity index (χ0n) is 12.9. The molecule has 0 spiro atoms. The van der Waals surface area contributed by atoms with Gasteiger partial charge in [-0.2, -0.15) is 0 Å². The molecular formula is C18H16N2O3.